The number of nitrogens with zero attached hydrogens (tertiary/aromatic N) is 3. The van der Waals surface area contributed by atoms with Gasteiger partial charge in [0.05, 0.1) is 0 Å². The van der Waals surface area contributed by atoms with Gasteiger partial charge in [-0.2, -0.15) is 0 Å². The SMILES string of the molecule is N#Cc1ccc(C([As])(CCC2CC2)c2ccc(F)c(NC(=O)c3cc(C(N)=O)nn3-c3cccc(CN)c3)c2)cc1. The number of hydrogen-bond acceptors (Lipinski definition) is 5. The van der Waals surface area contributed by atoms with E-state index in [2.05, 4.69) is 33.3 Å². The summed E-state index contributed by atoms with van der Waals surface area (Å²) in [6, 6.07) is 22.6. The van der Waals surface area contributed by atoms with Gasteiger partial charge in [0, 0.05) is 0 Å². The number of primary amides is 1. The van der Waals surface area contributed by atoms with Gasteiger partial charge in [-0.25, -0.2) is 0 Å². The molecule has 2 radical (unpaired) electrons. The van der Waals surface area contributed by atoms with Gasteiger partial charge >= 0.3 is 241 Å². The maximum absolute atomic E-state index is 15.1. The van der Waals surface area contributed by atoms with Crippen LogP contribution in [-0.2, 0) is 10.7 Å². The van der Waals surface area contributed by atoms with E-state index < -0.39 is 21.8 Å². The molecule has 1 saturated carbocycles. The minimum atomic E-state index is -0.799. The predicted molar refractivity (Wildman–Crippen MR) is 154 cm³/mol. The van der Waals surface area contributed by atoms with Crippen molar-refractivity contribution < 1.29 is 14.0 Å². The molecule has 1 unspecified atom stereocenters. The molecule has 1 aliphatic carbocycles. The third-order valence-electron chi connectivity index (χ3n) is 7.38. The summed E-state index contributed by atoms with van der Waals surface area (Å²) >= 11 is 2.72. The van der Waals surface area contributed by atoms with Gasteiger partial charge in [0.2, 0.25) is 0 Å². The Morgan fingerprint density at radius 2 is 1.83 bits per heavy atom. The first-order valence-electron chi connectivity index (χ1n) is 13.3. The van der Waals surface area contributed by atoms with E-state index in [0.717, 1.165) is 29.5 Å². The Bertz CT molecular complexity index is 1660. The van der Waals surface area contributed by atoms with Gasteiger partial charge in [-0.3, -0.25) is 0 Å². The predicted octanol–water partition coefficient (Wildman–Crippen LogP) is 4.30. The number of nitrogens with two attached hydrogens (primary N) is 2. The molecule has 0 saturated heterocycles. The summed E-state index contributed by atoms with van der Waals surface area (Å²) in [5.41, 5.74) is 14.8. The molecule has 0 spiro atoms. The van der Waals surface area contributed by atoms with Crippen LogP contribution in [0.25, 0.3) is 5.69 Å². The molecule has 5 rings (SSSR count). The van der Waals surface area contributed by atoms with Gasteiger partial charge in [0.25, 0.3) is 0 Å². The number of halogens is 1. The Balaban J connectivity index is 1.51. The fourth-order valence-electron chi connectivity index (χ4n) is 4.84. The summed E-state index contributed by atoms with van der Waals surface area (Å²) in [7, 11) is 0. The topological polar surface area (TPSA) is 140 Å². The maximum atomic E-state index is 15.1. The van der Waals surface area contributed by atoms with E-state index in [1.165, 1.54) is 29.7 Å². The van der Waals surface area contributed by atoms with Crippen molar-refractivity contribution in [3.8, 4) is 11.8 Å². The Kier molecular flexibility index (Phi) is 8.07. The Morgan fingerprint density at radius 1 is 1.10 bits per heavy atom. The number of rotatable bonds is 10. The average Bonchev–Trinajstić information content (AvgIpc) is 3.71. The van der Waals surface area contributed by atoms with Crippen LogP contribution in [0.2, 0.25) is 0 Å². The zero-order valence-corrected chi connectivity index (χ0v) is 24.1. The number of hydrogen-bond donors (Lipinski definition) is 3. The number of amides is 2. The van der Waals surface area contributed by atoms with Gasteiger partial charge < -0.3 is 5.73 Å². The van der Waals surface area contributed by atoms with E-state index in [-0.39, 0.29) is 23.6 Å². The average molecular weight is 611 g/mol. The first kappa shape index (κ1) is 28.3. The molecular weight excluding hydrogens is 582 g/mol. The molecule has 4 aromatic rings. The standard InChI is InChI=1S/C31H28AsFN6O2/c32-31(13-12-19-4-5-19,22-8-6-20(17-34)7-9-22)23-10-11-25(33)26(15-23)37-30(41)28-16-27(29(36)40)38-39(28)24-3-1-2-21(14-24)18-35/h1-3,6-11,14-16,19H,4-5,12-13,18,35H2,(H2,36,40)(H,37,41). The van der Waals surface area contributed by atoms with E-state index in [1.54, 1.807) is 42.5 Å². The van der Waals surface area contributed by atoms with Crippen molar-refractivity contribution >= 4 is 34.4 Å². The van der Waals surface area contributed by atoms with Crippen molar-refractivity contribution in [3.63, 3.8) is 0 Å². The van der Waals surface area contributed by atoms with E-state index in [0.29, 0.717) is 17.2 Å². The molecule has 1 fully saturated rings. The summed E-state index contributed by atoms with van der Waals surface area (Å²) in [5.74, 6) is -1.39. The molecule has 206 valence electrons. The van der Waals surface area contributed by atoms with Crippen molar-refractivity contribution in [2.24, 2.45) is 17.4 Å². The molecule has 10 heteroatoms. The van der Waals surface area contributed by atoms with E-state index in [1.807, 2.05) is 18.2 Å². The van der Waals surface area contributed by atoms with Crippen LogP contribution < -0.4 is 16.8 Å². The number of benzene rings is 3. The molecule has 1 aliphatic rings. The molecule has 8 nitrogen and oxygen atoms in total. The van der Waals surface area contributed by atoms with Crippen molar-refractivity contribution in [3.05, 3.63) is 112 Å². The Labute approximate surface area is 246 Å². The third kappa shape index (κ3) is 6.09. The van der Waals surface area contributed by atoms with Crippen molar-refractivity contribution in [2.75, 3.05) is 5.32 Å². The van der Waals surface area contributed by atoms with E-state index >= 15 is 4.39 Å². The first-order chi connectivity index (χ1) is 19.7. The van der Waals surface area contributed by atoms with Crippen LogP contribution in [0.15, 0.2) is 72.8 Å². The van der Waals surface area contributed by atoms with Crippen LogP contribution in [0.4, 0.5) is 10.1 Å². The molecular formula is C31H28AsFN6O2. The van der Waals surface area contributed by atoms with Crippen LogP contribution >= 0.6 is 0 Å². The van der Waals surface area contributed by atoms with Crippen LogP contribution in [0.1, 0.15) is 68.9 Å². The molecule has 2 amide bonds. The number of aromatic nitrogens is 2. The molecule has 1 atom stereocenters. The zero-order chi connectivity index (χ0) is 29.1. The van der Waals surface area contributed by atoms with Gasteiger partial charge in [0.15, 0.2) is 0 Å². The fraction of sp³-hybridized carbons (Fsp3) is 0.226. The first-order valence-corrected chi connectivity index (χ1v) is 14.2. The number of carbonyl (C=O) groups excluding carboxylic acids is 2. The summed E-state index contributed by atoms with van der Waals surface area (Å²) in [4.78, 5) is 25.4. The normalized spacial score (nSPS) is 14.2. The van der Waals surface area contributed by atoms with Gasteiger partial charge in [-0.05, 0) is 0 Å². The van der Waals surface area contributed by atoms with Gasteiger partial charge in [-0.1, -0.05) is 0 Å². The summed E-state index contributed by atoms with van der Waals surface area (Å²) in [5, 5.41) is 16.1. The molecule has 1 heterocycles. The van der Waals surface area contributed by atoms with Crippen LogP contribution in [-0.4, -0.2) is 38.4 Å². The number of anilines is 1. The zero-order valence-electron chi connectivity index (χ0n) is 22.2. The molecule has 0 aliphatic heterocycles. The molecule has 5 N–H and O–H groups in total. The molecule has 1 aromatic heterocycles. The Hall–Kier alpha value is -4.25. The molecule has 41 heavy (non-hydrogen) atoms. The van der Waals surface area contributed by atoms with Crippen molar-refractivity contribution in [1.82, 2.24) is 9.78 Å². The number of nitriles is 1. The second kappa shape index (κ2) is 11.7. The molecule has 0 bridgehead atoms. The summed E-state index contributed by atoms with van der Waals surface area (Å²) in [6.07, 6.45) is 4.21. The van der Waals surface area contributed by atoms with Gasteiger partial charge in [0.1, 0.15) is 0 Å². The quantitative estimate of drug-likeness (QED) is 0.230. The number of carbonyl (C=O) groups is 2. The Morgan fingerprint density at radius 3 is 2.49 bits per heavy atom. The van der Waals surface area contributed by atoms with E-state index in [4.69, 9.17) is 11.5 Å². The third-order valence-corrected chi connectivity index (χ3v) is 8.93. The van der Waals surface area contributed by atoms with Crippen molar-refractivity contribution in [2.45, 2.75) is 36.4 Å². The summed E-state index contributed by atoms with van der Waals surface area (Å²) < 4.78 is 15.9. The minimum absolute atomic E-state index is 0.00734. The van der Waals surface area contributed by atoms with Crippen molar-refractivity contribution in [1.29, 1.82) is 5.26 Å². The van der Waals surface area contributed by atoms with E-state index in [9.17, 15) is 14.9 Å². The second-order valence-electron chi connectivity index (χ2n) is 10.2. The fourth-order valence-corrected chi connectivity index (χ4v) is 5.71. The monoisotopic (exact) mass is 610 g/mol. The van der Waals surface area contributed by atoms with Crippen LogP contribution in [0.3, 0.4) is 0 Å². The summed E-state index contributed by atoms with van der Waals surface area (Å²) in [6.45, 7) is 0.272. The number of nitrogens with one attached hydrogen (secondary N) is 1. The molecule has 3 aromatic carbocycles. The van der Waals surface area contributed by atoms with Crippen LogP contribution in [0, 0.1) is 23.1 Å². The van der Waals surface area contributed by atoms with Crippen LogP contribution in [0.5, 0.6) is 0 Å². The second-order valence-corrected chi connectivity index (χ2v) is 11.8. The van der Waals surface area contributed by atoms with Gasteiger partial charge in [-0.15, -0.1) is 0 Å².